The van der Waals surface area contributed by atoms with Crippen LogP contribution in [-0.2, 0) is 6.54 Å². The molecule has 0 aliphatic heterocycles. The lowest BCUT2D eigenvalue weighted by atomic mass is 10.2. The van der Waals surface area contributed by atoms with E-state index < -0.39 is 0 Å². The summed E-state index contributed by atoms with van der Waals surface area (Å²) in [6, 6.07) is 8.27. The molecule has 0 fully saturated rings. The van der Waals surface area contributed by atoms with Crippen molar-refractivity contribution in [2.45, 2.75) is 33.4 Å². The average Bonchev–Trinajstić information content (AvgIpc) is 2.68. The highest BCUT2D eigenvalue weighted by Crippen LogP contribution is 2.22. The topological polar surface area (TPSA) is 14.2 Å². The molecule has 2 nitrogen and oxygen atoms in total. The highest BCUT2D eigenvalue weighted by Gasteiger charge is 2.03. The van der Waals surface area contributed by atoms with Crippen molar-refractivity contribution in [3.63, 3.8) is 0 Å². The molecule has 0 saturated heterocycles. The monoisotopic (exact) mass is 227 g/mol. The number of ether oxygens (including phenoxy) is 1. The number of hydrogen-bond donors (Lipinski definition) is 0. The van der Waals surface area contributed by atoms with Crippen LogP contribution >= 0.6 is 0 Å². The van der Waals surface area contributed by atoms with Crippen LogP contribution in [-0.4, -0.2) is 10.7 Å². The fourth-order valence-electron chi connectivity index (χ4n) is 1.83. The molecule has 0 bridgehead atoms. The van der Waals surface area contributed by atoms with Crippen LogP contribution in [0, 0.1) is 11.8 Å². The van der Waals surface area contributed by atoms with Crippen molar-refractivity contribution in [3.05, 3.63) is 30.5 Å². The van der Waals surface area contributed by atoms with E-state index in [2.05, 4.69) is 40.8 Å². The smallest absolute Gasteiger partial charge is 0.120 e. The Morgan fingerprint density at radius 3 is 2.82 bits per heavy atom. The normalized spacial score (nSPS) is 10.4. The van der Waals surface area contributed by atoms with E-state index in [1.807, 2.05) is 26.8 Å². The summed E-state index contributed by atoms with van der Waals surface area (Å²) in [4.78, 5) is 0. The fourth-order valence-corrected chi connectivity index (χ4v) is 1.83. The van der Waals surface area contributed by atoms with Gasteiger partial charge in [-0.05, 0) is 45.0 Å². The van der Waals surface area contributed by atoms with Gasteiger partial charge in [-0.3, -0.25) is 0 Å². The van der Waals surface area contributed by atoms with E-state index in [1.54, 1.807) is 0 Å². The minimum Gasteiger partial charge on any atom is -0.491 e. The molecule has 17 heavy (non-hydrogen) atoms. The summed E-state index contributed by atoms with van der Waals surface area (Å²) in [5, 5.41) is 1.20. The standard InChI is InChI=1S/C15H17NO/c1-4-5-9-16-10-8-13-11-14(17-12(2)3)6-7-15(13)16/h6-8,10-12H,9H2,1-3H3. The van der Waals surface area contributed by atoms with Crippen LogP contribution in [0.4, 0.5) is 0 Å². The third-order valence-electron chi connectivity index (χ3n) is 2.54. The van der Waals surface area contributed by atoms with Crippen molar-refractivity contribution >= 4 is 10.9 Å². The van der Waals surface area contributed by atoms with Crippen LogP contribution in [0.25, 0.3) is 10.9 Å². The van der Waals surface area contributed by atoms with Crippen LogP contribution in [0.2, 0.25) is 0 Å². The molecule has 0 aliphatic rings. The highest BCUT2D eigenvalue weighted by atomic mass is 16.5. The summed E-state index contributed by atoms with van der Waals surface area (Å²) in [6.07, 6.45) is 2.27. The van der Waals surface area contributed by atoms with Crippen LogP contribution in [0.1, 0.15) is 20.8 Å². The van der Waals surface area contributed by atoms with Crippen molar-refractivity contribution in [2.75, 3.05) is 0 Å². The molecule has 2 aromatic rings. The Bertz CT molecular complexity index is 569. The second kappa shape index (κ2) is 4.97. The number of fused-ring (bicyclic) bond motifs is 1. The first-order valence-corrected chi connectivity index (χ1v) is 5.86. The summed E-state index contributed by atoms with van der Waals surface area (Å²) in [5.41, 5.74) is 1.20. The second-order valence-electron chi connectivity index (χ2n) is 4.26. The van der Waals surface area contributed by atoms with Gasteiger partial charge in [0.2, 0.25) is 0 Å². The Morgan fingerprint density at radius 2 is 2.12 bits per heavy atom. The van der Waals surface area contributed by atoms with Crippen LogP contribution < -0.4 is 4.74 Å². The third kappa shape index (κ3) is 2.62. The summed E-state index contributed by atoms with van der Waals surface area (Å²) in [6.45, 7) is 6.67. The van der Waals surface area contributed by atoms with Crippen molar-refractivity contribution in [2.24, 2.45) is 0 Å². The molecule has 1 aromatic carbocycles. The predicted molar refractivity (Wildman–Crippen MR) is 71.2 cm³/mol. The molecule has 2 rings (SSSR count). The summed E-state index contributed by atoms with van der Waals surface area (Å²) in [5.74, 6) is 6.91. The van der Waals surface area contributed by atoms with Gasteiger partial charge in [-0.25, -0.2) is 0 Å². The van der Waals surface area contributed by atoms with Gasteiger partial charge in [-0.2, -0.15) is 0 Å². The zero-order valence-electron chi connectivity index (χ0n) is 10.5. The zero-order chi connectivity index (χ0) is 12.3. The van der Waals surface area contributed by atoms with Gasteiger partial charge in [0.1, 0.15) is 5.75 Å². The molecular formula is C15H17NO. The van der Waals surface area contributed by atoms with Crippen molar-refractivity contribution < 1.29 is 4.74 Å². The van der Waals surface area contributed by atoms with Crippen LogP contribution in [0.15, 0.2) is 30.5 Å². The summed E-state index contributed by atoms with van der Waals surface area (Å²) < 4.78 is 7.82. The Labute approximate surface area is 102 Å². The molecule has 2 heteroatoms. The van der Waals surface area contributed by atoms with E-state index in [0.29, 0.717) is 0 Å². The minimum atomic E-state index is 0.209. The van der Waals surface area contributed by atoms with E-state index in [1.165, 1.54) is 10.9 Å². The number of benzene rings is 1. The highest BCUT2D eigenvalue weighted by molar-refractivity contribution is 5.81. The average molecular weight is 227 g/mol. The second-order valence-corrected chi connectivity index (χ2v) is 4.26. The maximum atomic E-state index is 5.68. The van der Waals surface area contributed by atoms with Crippen molar-refractivity contribution in [1.82, 2.24) is 4.57 Å². The maximum Gasteiger partial charge on any atom is 0.120 e. The maximum absolute atomic E-state index is 5.68. The van der Waals surface area contributed by atoms with E-state index in [4.69, 9.17) is 4.74 Å². The van der Waals surface area contributed by atoms with Gasteiger partial charge in [0.25, 0.3) is 0 Å². The molecule has 0 saturated carbocycles. The van der Waals surface area contributed by atoms with Gasteiger partial charge in [-0.1, -0.05) is 5.92 Å². The molecule has 0 radical (unpaired) electrons. The first kappa shape index (κ1) is 11.6. The SMILES string of the molecule is CC#CCn1ccc2cc(OC(C)C)ccc21. The largest absolute Gasteiger partial charge is 0.491 e. The molecule has 0 unspecified atom stereocenters. The van der Waals surface area contributed by atoms with E-state index in [0.717, 1.165) is 12.3 Å². The Hall–Kier alpha value is -1.88. The van der Waals surface area contributed by atoms with Crippen LogP contribution in [0.5, 0.6) is 5.75 Å². The van der Waals surface area contributed by atoms with Gasteiger partial charge in [0.05, 0.1) is 12.6 Å². The van der Waals surface area contributed by atoms with E-state index in [9.17, 15) is 0 Å². The van der Waals surface area contributed by atoms with Gasteiger partial charge >= 0.3 is 0 Å². The summed E-state index contributed by atoms with van der Waals surface area (Å²) in [7, 11) is 0. The first-order chi connectivity index (χ1) is 8.20. The van der Waals surface area contributed by atoms with Gasteiger partial charge in [-0.15, -0.1) is 5.92 Å². The van der Waals surface area contributed by atoms with E-state index in [-0.39, 0.29) is 6.10 Å². The number of nitrogens with zero attached hydrogens (tertiary/aromatic N) is 1. The minimum absolute atomic E-state index is 0.209. The van der Waals surface area contributed by atoms with Gasteiger partial charge in [0.15, 0.2) is 0 Å². The molecule has 1 aromatic heterocycles. The Balaban J connectivity index is 2.33. The first-order valence-electron chi connectivity index (χ1n) is 5.86. The molecule has 0 amide bonds. The number of aromatic nitrogens is 1. The van der Waals surface area contributed by atoms with Crippen LogP contribution in [0.3, 0.4) is 0 Å². The number of hydrogen-bond acceptors (Lipinski definition) is 1. The molecule has 88 valence electrons. The molecule has 0 atom stereocenters. The Kier molecular flexibility index (Phi) is 3.39. The molecule has 0 spiro atoms. The molecule has 1 heterocycles. The molecule has 0 N–H and O–H groups in total. The van der Waals surface area contributed by atoms with Crippen molar-refractivity contribution in [3.8, 4) is 17.6 Å². The molecule has 0 aliphatic carbocycles. The van der Waals surface area contributed by atoms with Gasteiger partial charge in [0, 0.05) is 17.1 Å². The Morgan fingerprint density at radius 1 is 1.29 bits per heavy atom. The lowest BCUT2D eigenvalue weighted by Crippen LogP contribution is -2.05. The molecular weight excluding hydrogens is 210 g/mol. The lowest BCUT2D eigenvalue weighted by Gasteiger charge is -2.09. The predicted octanol–water partition coefficient (Wildman–Crippen LogP) is 3.45. The van der Waals surface area contributed by atoms with Gasteiger partial charge < -0.3 is 9.30 Å². The third-order valence-corrected chi connectivity index (χ3v) is 2.54. The quantitative estimate of drug-likeness (QED) is 0.732. The zero-order valence-corrected chi connectivity index (χ0v) is 10.5. The van der Waals surface area contributed by atoms with E-state index >= 15 is 0 Å². The summed E-state index contributed by atoms with van der Waals surface area (Å²) >= 11 is 0. The number of rotatable bonds is 3. The lowest BCUT2D eigenvalue weighted by molar-refractivity contribution is 0.243. The van der Waals surface area contributed by atoms with Crippen molar-refractivity contribution in [1.29, 1.82) is 0 Å². The fraction of sp³-hybridized carbons (Fsp3) is 0.333.